The first kappa shape index (κ1) is 17.5. The lowest BCUT2D eigenvalue weighted by molar-refractivity contribution is -0.116. The summed E-state index contributed by atoms with van der Waals surface area (Å²) in [5.74, 6) is 0.387. The molecule has 24 heavy (non-hydrogen) atoms. The highest BCUT2D eigenvalue weighted by Crippen LogP contribution is 2.20. The summed E-state index contributed by atoms with van der Waals surface area (Å²) in [6.45, 7) is 1.79. The number of ether oxygens (including phenoxy) is 1. The molecular weight excluding hydrogens is 306 g/mol. The number of anilines is 2. The van der Waals surface area contributed by atoms with E-state index in [9.17, 15) is 9.59 Å². The van der Waals surface area contributed by atoms with Crippen molar-refractivity contribution in [3.63, 3.8) is 0 Å². The van der Waals surface area contributed by atoms with Gasteiger partial charge >= 0.3 is 0 Å². The maximum atomic E-state index is 12.2. The maximum Gasteiger partial charge on any atom is 0.238 e. The van der Waals surface area contributed by atoms with Crippen molar-refractivity contribution in [1.29, 1.82) is 0 Å². The van der Waals surface area contributed by atoms with Gasteiger partial charge in [0, 0.05) is 11.4 Å². The third kappa shape index (κ3) is 4.82. The van der Waals surface area contributed by atoms with Crippen LogP contribution in [0, 0.1) is 6.92 Å². The number of rotatable bonds is 6. The molecule has 0 aliphatic heterocycles. The second-order valence-electron chi connectivity index (χ2n) is 5.36. The van der Waals surface area contributed by atoms with Crippen molar-refractivity contribution < 1.29 is 14.3 Å². The lowest BCUT2D eigenvalue weighted by atomic mass is 10.1. The van der Waals surface area contributed by atoms with E-state index in [0.717, 1.165) is 16.9 Å². The van der Waals surface area contributed by atoms with E-state index in [1.54, 1.807) is 25.3 Å². The van der Waals surface area contributed by atoms with Crippen molar-refractivity contribution in [3.05, 3.63) is 53.6 Å². The van der Waals surface area contributed by atoms with Gasteiger partial charge in [0.15, 0.2) is 0 Å². The van der Waals surface area contributed by atoms with Gasteiger partial charge in [0.1, 0.15) is 5.75 Å². The van der Waals surface area contributed by atoms with Crippen LogP contribution in [0.2, 0.25) is 0 Å². The average Bonchev–Trinajstić information content (AvgIpc) is 2.58. The summed E-state index contributed by atoms with van der Waals surface area (Å²) >= 11 is 0. The highest BCUT2D eigenvalue weighted by Gasteiger charge is 2.08. The molecule has 0 aliphatic carbocycles. The zero-order chi connectivity index (χ0) is 17.5. The number of benzene rings is 2. The van der Waals surface area contributed by atoms with E-state index in [-0.39, 0.29) is 24.8 Å². The van der Waals surface area contributed by atoms with Crippen LogP contribution >= 0.6 is 0 Å². The van der Waals surface area contributed by atoms with Gasteiger partial charge in [-0.05, 0) is 48.4 Å². The second-order valence-corrected chi connectivity index (χ2v) is 5.36. The van der Waals surface area contributed by atoms with E-state index >= 15 is 0 Å². The number of nitrogens with one attached hydrogen (secondary N) is 2. The Balaban J connectivity index is 1.99. The summed E-state index contributed by atoms with van der Waals surface area (Å²) < 4.78 is 5.09. The molecular formula is C18H21N3O3. The number of hydrogen-bond donors (Lipinski definition) is 3. The van der Waals surface area contributed by atoms with Gasteiger partial charge < -0.3 is 21.1 Å². The first-order valence-electron chi connectivity index (χ1n) is 7.55. The van der Waals surface area contributed by atoms with Gasteiger partial charge in [-0.2, -0.15) is 0 Å². The second kappa shape index (κ2) is 8.12. The molecule has 0 fully saturated rings. The van der Waals surface area contributed by atoms with Gasteiger partial charge in [-0.15, -0.1) is 0 Å². The van der Waals surface area contributed by atoms with Crippen LogP contribution in [0.1, 0.15) is 11.1 Å². The number of carbonyl (C=O) groups is 2. The summed E-state index contributed by atoms with van der Waals surface area (Å²) in [6.07, 6.45) is 0.273. The van der Waals surface area contributed by atoms with Gasteiger partial charge in [-0.1, -0.05) is 12.1 Å². The van der Waals surface area contributed by atoms with Crippen molar-refractivity contribution in [2.75, 3.05) is 24.3 Å². The monoisotopic (exact) mass is 327 g/mol. The molecule has 2 aromatic rings. The van der Waals surface area contributed by atoms with Crippen LogP contribution in [0.4, 0.5) is 11.4 Å². The predicted molar refractivity (Wildman–Crippen MR) is 94.2 cm³/mol. The maximum absolute atomic E-state index is 12.2. The molecule has 6 nitrogen and oxygen atoms in total. The minimum absolute atomic E-state index is 0.0700. The predicted octanol–water partition coefficient (Wildman–Crippen LogP) is 2.08. The number of aryl methyl sites for hydroxylation is 1. The standard InChI is InChI=1S/C18H21N3O3/c1-12-9-14(20-18(23)11-19)5-8-16(12)21-17(22)10-13-3-6-15(24-2)7-4-13/h3-9H,10-11,19H2,1-2H3,(H,20,23)(H,21,22). The van der Waals surface area contributed by atoms with E-state index in [1.807, 2.05) is 31.2 Å². The van der Waals surface area contributed by atoms with E-state index in [4.69, 9.17) is 10.5 Å². The molecule has 4 N–H and O–H groups in total. The summed E-state index contributed by atoms with van der Waals surface area (Å²) in [4.78, 5) is 23.5. The van der Waals surface area contributed by atoms with Crippen LogP contribution in [-0.2, 0) is 16.0 Å². The quantitative estimate of drug-likeness (QED) is 0.757. The largest absolute Gasteiger partial charge is 0.497 e. The van der Waals surface area contributed by atoms with Crippen LogP contribution in [0.15, 0.2) is 42.5 Å². The zero-order valence-corrected chi connectivity index (χ0v) is 13.8. The van der Waals surface area contributed by atoms with Gasteiger partial charge in [-0.25, -0.2) is 0 Å². The van der Waals surface area contributed by atoms with E-state index in [2.05, 4.69) is 10.6 Å². The third-order valence-corrected chi connectivity index (χ3v) is 3.49. The molecule has 2 aromatic carbocycles. The number of amides is 2. The lowest BCUT2D eigenvalue weighted by Gasteiger charge is -2.11. The number of methoxy groups -OCH3 is 1. The van der Waals surface area contributed by atoms with E-state index < -0.39 is 0 Å². The van der Waals surface area contributed by atoms with Crippen molar-refractivity contribution in [1.82, 2.24) is 0 Å². The molecule has 0 atom stereocenters. The van der Waals surface area contributed by atoms with Crippen LogP contribution in [-0.4, -0.2) is 25.5 Å². The molecule has 0 unspecified atom stereocenters. The molecule has 0 aromatic heterocycles. The van der Waals surface area contributed by atoms with E-state index in [0.29, 0.717) is 11.4 Å². The summed E-state index contributed by atoms with van der Waals surface area (Å²) in [5, 5.41) is 5.55. The normalized spacial score (nSPS) is 10.1. The molecule has 0 aliphatic rings. The molecule has 0 saturated carbocycles. The molecule has 0 spiro atoms. The van der Waals surface area contributed by atoms with Gasteiger partial charge in [0.2, 0.25) is 11.8 Å². The summed E-state index contributed by atoms with van der Waals surface area (Å²) in [5.41, 5.74) is 8.38. The Labute approximate surface area is 141 Å². The molecule has 0 radical (unpaired) electrons. The SMILES string of the molecule is COc1ccc(CC(=O)Nc2ccc(NC(=O)CN)cc2C)cc1. The fraction of sp³-hybridized carbons (Fsp3) is 0.222. The molecule has 6 heteroatoms. The Morgan fingerprint density at radius 2 is 1.75 bits per heavy atom. The van der Waals surface area contributed by atoms with Crippen LogP contribution in [0.5, 0.6) is 5.75 Å². The smallest absolute Gasteiger partial charge is 0.238 e. The van der Waals surface area contributed by atoms with Crippen molar-refractivity contribution in [2.24, 2.45) is 5.73 Å². The highest BCUT2D eigenvalue weighted by atomic mass is 16.5. The highest BCUT2D eigenvalue weighted by molar-refractivity contribution is 5.95. The topological polar surface area (TPSA) is 93.5 Å². The van der Waals surface area contributed by atoms with Gasteiger partial charge in [0.25, 0.3) is 0 Å². The summed E-state index contributed by atoms with van der Waals surface area (Å²) in [6, 6.07) is 12.6. The number of hydrogen-bond acceptors (Lipinski definition) is 4. The number of nitrogens with two attached hydrogens (primary N) is 1. The van der Waals surface area contributed by atoms with Gasteiger partial charge in [0.05, 0.1) is 20.1 Å². The third-order valence-electron chi connectivity index (χ3n) is 3.49. The molecule has 0 heterocycles. The van der Waals surface area contributed by atoms with Crippen LogP contribution < -0.4 is 21.1 Å². The Morgan fingerprint density at radius 1 is 1.04 bits per heavy atom. The summed E-state index contributed by atoms with van der Waals surface area (Å²) in [7, 11) is 1.60. The van der Waals surface area contributed by atoms with Crippen LogP contribution in [0.3, 0.4) is 0 Å². The minimum Gasteiger partial charge on any atom is -0.497 e. The Bertz CT molecular complexity index is 727. The lowest BCUT2D eigenvalue weighted by Crippen LogP contribution is -2.22. The minimum atomic E-state index is -0.259. The Morgan fingerprint density at radius 3 is 2.33 bits per heavy atom. The Hall–Kier alpha value is -2.86. The molecule has 2 rings (SSSR count). The number of carbonyl (C=O) groups excluding carboxylic acids is 2. The first-order chi connectivity index (χ1) is 11.5. The van der Waals surface area contributed by atoms with Crippen LogP contribution in [0.25, 0.3) is 0 Å². The van der Waals surface area contributed by atoms with Crippen molar-refractivity contribution in [2.45, 2.75) is 13.3 Å². The van der Waals surface area contributed by atoms with Gasteiger partial charge in [-0.3, -0.25) is 9.59 Å². The fourth-order valence-corrected chi connectivity index (χ4v) is 2.22. The molecule has 0 saturated heterocycles. The average molecular weight is 327 g/mol. The molecule has 2 amide bonds. The van der Waals surface area contributed by atoms with Crippen molar-refractivity contribution >= 4 is 23.2 Å². The van der Waals surface area contributed by atoms with E-state index in [1.165, 1.54) is 0 Å². The van der Waals surface area contributed by atoms with Crippen molar-refractivity contribution in [3.8, 4) is 5.75 Å². The molecule has 0 bridgehead atoms. The molecule has 126 valence electrons. The fourth-order valence-electron chi connectivity index (χ4n) is 2.22. The Kier molecular flexibility index (Phi) is 5.92. The first-order valence-corrected chi connectivity index (χ1v) is 7.55. The zero-order valence-electron chi connectivity index (χ0n) is 13.8.